The highest BCUT2D eigenvalue weighted by Crippen LogP contribution is 2.18. The minimum Gasteiger partial charge on any atom is -0.357 e. The summed E-state index contributed by atoms with van der Waals surface area (Å²) in [7, 11) is 0. The van der Waals surface area contributed by atoms with Crippen LogP contribution in [0.4, 0.5) is 0 Å². The van der Waals surface area contributed by atoms with Crippen molar-refractivity contribution >= 4 is 28.6 Å². The predicted octanol–water partition coefficient (Wildman–Crippen LogP) is 3.68. The van der Waals surface area contributed by atoms with Crippen molar-refractivity contribution < 1.29 is 0 Å². The number of aromatic nitrogens is 1. The molecule has 2 rings (SSSR count). The molecule has 1 unspecified atom stereocenters. The molecule has 0 amide bonds. The standard InChI is InChI=1S/C16H24N4S2/c1-5-17-16(18-8-11(2)14-6-7-21-10-14)19-9-15-12(3)20-13(4)22-15/h6-7,10-11H,5,8-9H2,1-4H3,(H2,17,18,19). The molecular formula is C16H24N4S2. The number of nitrogens with one attached hydrogen (secondary N) is 2. The first-order chi connectivity index (χ1) is 10.6. The zero-order chi connectivity index (χ0) is 15.9. The molecule has 0 bridgehead atoms. The molecule has 0 saturated heterocycles. The van der Waals surface area contributed by atoms with Gasteiger partial charge in [0.1, 0.15) is 0 Å². The molecule has 0 aliphatic carbocycles. The summed E-state index contributed by atoms with van der Waals surface area (Å²) in [5, 5.41) is 12.2. The third-order valence-electron chi connectivity index (χ3n) is 3.41. The topological polar surface area (TPSA) is 49.3 Å². The number of rotatable bonds is 6. The van der Waals surface area contributed by atoms with Crippen LogP contribution in [0.15, 0.2) is 21.8 Å². The van der Waals surface area contributed by atoms with E-state index in [1.807, 2.05) is 13.8 Å². The number of aryl methyl sites for hydroxylation is 2. The number of aliphatic imine (C=N–C) groups is 1. The van der Waals surface area contributed by atoms with Gasteiger partial charge in [-0.25, -0.2) is 9.98 Å². The number of thiazole rings is 1. The van der Waals surface area contributed by atoms with Crippen molar-refractivity contribution in [3.05, 3.63) is 38.0 Å². The molecule has 6 heteroatoms. The number of thiophene rings is 1. The second-order valence-corrected chi connectivity index (χ2v) is 7.34. The van der Waals surface area contributed by atoms with Crippen molar-refractivity contribution in [3.8, 4) is 0 Å². The predicted molar refractivity (Wildman–Crippen MR) is 97.1 cm³/mol. The van der Waals surface area contributed by atoms with E-state index in [1.54, 1.807) is 22.7 Å². The Morgan fingerprint density at radius 1 is 1.36 bits per heavy atom. The van der Waals surface area contributed by atoms with Crippen molar-refractivity contribution in [3.63, 3.8) is 0 Å². The van der Waals surface area contributed by atoms with Gasteiger partial charge in [0.15, 0.2) is 5.96 Å². The Balaban J connectivity index is 1.94. The summed E-state index contributed by atoms with van der Waals surface area (Å²) < 4.78 is 0. The van der Waals surface area contributed by atoms with Gasteiger partial charge < -0.3 is 10.6 Å². The smallest absolute Gasteiger partial charge is 0.191 e. The summed E-state index contributed by atoms with van der Waals surface area (Å²) in [6.07, 6.45) is 0. The zero-order valence-corrected chi connectivity index (χ0v) is 15.3. The van der Waals surface area contributed by atoms with Gasteiger partial charge in [0, 0.05) is 18.0 Å². The van der Waals surface area contributed by atoms with Crippen LogP contribution in [0.5, 0.6) is 0 Å². The van der Waals surface area contributed by atoms with Gasteiger partial charge in [-0.3, -0.25) is 0 Å². The number of hydrogen-bond donors (Lipinski definition) is 2. The SMILES string of the molecule is CCNC(=NCc1sc(C)nc1C)NCC(C)c1ccsc1. The van der Waals surface area contributed by atoms with E-state index < -0.39 is 0 Å². The van der Waals surface area contributed by atoms with Gasteiger partial charge in [0.25, 0.3) is 0 Å². The van der Waals surface area contributed by atoms with Crippen molar-refractivity contribution in [2.24, 2.45) is 4.99 Å². The summed E-state index contributed by atoms with van der Waals surface area (Å²) in [6.45, 7) is 10.8. The molecular weight excluding hydrogens is 312 g/mol. The normalized spacial score (nSPS) is 13.2. The van der Waals surface area contributed by atoms with E-state index in [2.05, 4.69) is 51.3 Å². The average molecular weight is 337 g/mol. The monoisotopic (exact) mass is 336 g/mol. The van der Waals surface area contributed by atoms with Crippen LogP contribution < -0.4 is 10.6 Å². The maximum absolute atomic E-state index is 4.68. The van der Waals surface area contributed by atoms with Gasteiger partial charge in [-0.2, -0.15) is 11.3 Å². The summed E-state index contributed by atoms with van der Waals surface area (Å²) >= 11 is 3.47. The van der Waals surface area contributed by atoms with Gasteiger partial charge in [-0.1, -0.05) is 6.92 Å². The van der Waals surface area contributed by atoms with Crippen LogP contribution in [-0.2, 0) is 6.54 Å². The van der Waals surface area contributed by atoms with Crippen LogP contribution in [-0.4, -0.2) is 24.0 Å². The van der Waals surface area contributed by atoms with Crippen LogP contribution in [0, 0.1) is 13.8 Å². The third-order valence-corrected chi connectivity index (χ3v) is 5.17. The second-order valence-electron chi connectivity index (χ2n) is 5.28. The minimum absolute atomic E-state index is 0.475. The lowest BCUT2D eigenvalue weighted by molar-refractivity contribution is 0.702. The van der Waals surface area contributed by atoms with Crippen LogP contribution in [0.3, 0.4) is 0 Å². The van der Waals surface area contributed by atoms with E-state index in [0.29, 0.717) is 12.5 Å². The first kappa shape index (κ1) is 17.0. The molecule has 2 aromatic heterocycles. The van der Waals surface area contributed by atoms with Gasteiger partial charge in [0.05, 0.1) is 17.2 Å². The Labute approximate surface area is 140 Å². The average Bonchev–Trinajstić information content (AvgIpc) is 3.11. The maximum Gasteiger partial charge on any atom is 0.191 e. The number of hydrogen-bond acceptors (Lipinski definition) is 4. The highest BCUT2D eigenvalue weighted by molar-refractivity contribution is 7.11. The maximum atomic E-state index is 4.68. The molecule has 0 spiro atoms. The summed E-state index contributed by atoms with van der Waals surface area (Å²) in [4.78, 5) is 10.4. The van der Waals surface area contributed by atoms with Crippen LogP contribution in [0.2, 0.25) is 0 Å². The van der Waals surface area contributed by atoms with Crippen molar-refractivity contribution in [2.45, 2.75) is 40.2 Å². The van der Waals surface area contributed by atoms with E-state index in [-0.39, 0.29) is 0 Å². The van der Waals surface area contributed by atoms with Crippen molar-refractivity contribution in [2.75, 3.05) is 13.1 Å². The summed E-state index contributed by atoms with van der Waals surface area (Å²) in [5.41, 5.74) is 2.47. The van der Waals surface area contributed by atoms with Crippen LogP contribution >= 0.6 is 22.7 Å². The molecule has 0 fully saturated rings. The largest absolute Gasteiger partial charge is 0.357 e. The lowest BCUT2D eigenvalue weighted by Gasteiger charge is -2.15. The highest BCUT2D eigenvalue weighted by atomic mass is 32.1. The van der Waals surface area contributed by atoms with E-state index in [4.69, 9.17) is 0 Å². The number of nitrogens with zero attached hydrogens (tertiary/aromatic N) is 2. The fourth-order valence-corrected chi connectivity index (χ4v) is 3.78. The Morgan fingerprint density at radius 3 is 2.77 bits per heavy atom. The molecule has 2 heterocycles. The molecule has 2 N–H and O–H groups in total. The molecule has 0 aliphatic rings. The van der Waals surface area contributed by atoms with E-state index >= 15 is 0 Å². The van der Waals surface area contributed by atoms with Crippen LogP contribution in [0.25, 0.3) is 0 Å². The van der Waals surface area contributed by atoms with Gasteiger partial charge in [-0.05, 0) is 49.1 Å². The zero-order valence-electron chi connectivity index (χ0n) is 13.6. The van der Waals surface area contributed by atoms with E-state index in [0.717, 1.165) is 29.8 Å². The lowest BCUT2D eigenvalue weighted by atomic mass is 10.1. The minimum atomic E-state index is 0.475. The van der Waals surface area contributed by atoms with Crippen LogP contribution in [0.1, 0.15) is 40.9 Å². The quantitative estimate of drug-likeness (QED) is 0.625. The molecule has 22 heavy (non-hydrogen) atoms. The first-order valence-electron chi connectivity index (χ1n) is 7.57. The van der Waals surface area contributed by atoms with E-state index in [9.17, 15) is 0 Å². The Kier molecular flexibility index (Phi) is 6.39. The highest BCUT2D eigenvalue weighted by Gasteiger charge is 2.08. The molecule has 2 aromatic rings. The Morgan fingerprint density at radius 2 is 2.18 bits per heavy atom. The molecule has 0 saturated carbocycles. The van der Waals surface area contributed by atoms with Crippen molar-refractivity contribution in [1.29, 1.82) is 0 Å². The molecule has 0 aliphatic heterocycles. The van der Waals surface area contributed by atoms with Gasteiger partial charge in [0.2, 0.25) is 0 Å². The van der Waals surface area contributed by atoms with Gasteiger partial charge >= 0.3 is 0 Å². The Bertz CT molecular complexity index is 602. The molecule has 0 radical (unpaired) electrons. The fraction of sp³-hybridized carbons (Fsp3) is 0.500. The first-order valence-corrected chi connectivity index (χ1v) is 9.33. The molecule has 1 atom stereocenters. The second kappa shape index (κ2) is 8.29. The summed E-state index contributed by atoms with van der Waals surface area (Å²) in [5.74, 6) is 1.34. The summed E-state index contributed by atoms with van der Waals surface area (Å²) in [6, 6.07) is 2.19. The van der Waals surface area contributed by atoms with E-state index in [1.165, 1.54) is 10.4 Å². The lowest BCUT2D eigenvalue weighted by Crippen LogP contribution is -2.39. The molecule has 4 nitrogen and oxygen atoms in total. The molecule has 120 valence electrons. The van der Waals surface area contributed by atoms with Gasteiger partial charge in [-0.15, -0.1) is 11.3 Å². The third kappa shape index (κ3) is 4.81. The Hall–Kier alpha value is -1.40. The fourth-order valence-electron chi connectivity index (χ4n) is 2.14. The molecule has 0 aromatic carbocycles. The number of guanidine groups is 1. The van der Waals surface area contributed by atoms with Crippen molar-refractivity contribution in [1.82, 2.24) is 15.6 Å².